The molecule has 2 rings (SSSR count). The van der Waals surface area contributed by atoms with Crippen LogP contribution in [0.5, 0.6) is 11.5 Å². The summed E-state index contributed by atoms with van der Waals surface area (Å²) in [7, 11) is 1.59. The van der Waals surface area contributed by atoms with Crippen LogP contribution in [0.1, 0.15) is 12.5 Å². The Hall–Kier alpha value is -2.53. The molecule has 0 spiro atoms. The summed E-state index contributed by atoms with van der Waals surface area (Å²) < 4.78 is 10.6. The van der Waals surface area contributed by atoms with Gasteiger partial charge in [-0.15, -0.1) is 0 Å². The fraction of sp³-hybridized carbons (Fsp3) is 0.176. The van der Waals surface area contributed by atoms with E-state index in [4.69, 9.17) is 21.1 Å². The third-order valence-corrected chi connectivity index (χ3v) is 3.21. The zero-order chi connectivity index (χ0) is 16.7. The second-order valence-corrected chi connectivity index (χ2v) is 5.16. The lowest BCUT2D eigenvalue weighted by Gasteiger charge is -2.13. The highest BCUT2D eigenvalue weighted by Crippen LogP contribution is 2.18. The van der Waals surface area contributed by atoms with Gasteiger partial charge in [0, 0.05) is 5.02 Å². The summed E-state index contributed by atoms with van der Waals surface area (Å²) in [5, 5.41) is 4.50. The lowest BCUT2D eigenvalue weighted by molar-refractivity contribution is -0.127. The van der Waals surface area contributed by atoms with Gasteiger partial charge in [-0.25, -0.2) is 5.43 Å². The van der Waals surface area contributed by atoms with Crippen molar-refractivity contribution in [2.75, 3.05) is 7.11 Å². The molecule has 0 saturated heterocycles. The Morgan fingerprint density at radius 3 is 2.57 bits per heavy atom. The number of amides is 1. The molecule has 2 aromatic rings. The Morgan fingerprint density at radius 2 is 1.91 bits per heavy atom. The second kappa shape index (κ2) is 8.19. The van der Waals surface area contributed by atoms with E-state index in [-0.39, 0.29) is 5.91 Å². The molecule has 0 heterocycles. The van der Waals surface area contributed by atoms with Crippen molar-refractivity contribution < 1.29 is 14.3 Å². The van der Waals surface area contributed by atoms with Crippen molar-refractivity contribution in [3.63, 3.8) is 0 Å². The van der Waals surface area contributed by atoms with Crippen LogP contribution < -0.4 is 14.9 Å². The van der Waals surface area contributed by atoms with Crippen molar-refractivity contribution in [2.24, 2.45) is 5.10 Å². The summed E-state index contributed by atoms with van der Waals surface area (Å²) in [6.45, 7) is 1.65. The highest BCUT2D eigenvalue weighted by Gasteiger charge is 2.13. The number of hydrazone groups is 1. The van der Waals surface area contributed by atoms with Crippen LogP contribution in [0.4, 0.5) is 0 Å². The smallest absolute Gasteiger partial charge is 0.280 e. The molecule has 120 valence electrons. The first kappa shape index (κ1) is 16.8. The van der Waals surface area contributed by atoms with Gasteiger partial charge in [0.1, 0.15) is 11.5 Å². The molecule has 0 fully saturated rings. The van der Waals surface area contributed by atoms with E-state index in [0.717, 1.165) is 11.3 Å². The summed E-state index contributed by atoms with van der Waals surface area (Å²) in [5.41, 5.74) is 3.22. The lowest BCUT2D eigenvalue weighted by atomic mass is 10.2. The van der Waals surface area contributed by atoms with Crippen LogP contribution in [0.15, 0.2) is 53.6 Å². The van der Waals surface area contributed by atoms with E-state index in [1.807, 2.05) is 6.07 Å². The minimum atomic E-state index is -0.681. The maximum atomic E-state index is 11.9. The van der Waals surface area contributed by atoms with E-state index in [2.05, 4.69) is 10.5 Å². The Bertz CT molecular complexity index is 686. The molecule has 1 amide bonds. The van der Waals surface area contributed by atoms with Gasteiger partial charge in [-0.2, -0.15) is 5.10 Å². The monoisotopic (exact) mass is 332 g/mol. The van der Waals surface area contributed by atoms with Crippen LogP contribution in [0, 0.1) is 0 Å². The van der Waals surface area contributed by atoms with Crippen molar-refractivity contribution in [1.29, 1.82) is 0 Å². The number of nitrogens with zero attached hydrogens (tertiary/aromatic N) is 1. The molecule has 6 heteroatoms. The molecule has 0 saturated carbocycles. The first-order valence-corrected chi connectivity index (χ1v) is 7.35. The Labute approximate surface area is 139 Å². The number of carbonyl (C=O) groups is 1. The molecule has 1 unspecified atom stereocenters. The zero-order valence-electron chi connectivity index (χ0n) is 12.8. The average molecular weight is 333 g/mol. The minimum Gasteiger partial charge on any atom is -0.497 e. The highest BCUT2D eigenvalue weighted by atomic mass is 35.5. The van der Waals surface area contributed by atoms with Gasteiger partial charge in [0.05, 0.1) is 13.3 Å². The number of rotatable bonds is 6. The van der Waals surface area contributed by atoms with Gasteiger partial charge >= 0.3 is 0 Å². The summed E-state index contributed by atoms with van der Waals surface area (Å²) in [6.07, 6.45) is 0.837. The number of hydrogen-bond acceptors (Lipinski definition) is 4. The molecular weight excluding hydrogens is 316 g/mol. The van der Waals surface area contributed by atoms with Crippen molar-refractivity contribution in [1.82, 2.24) is 5.43 Å². The number of ether oxygens (including phenoxy) is 2. The van der Waals surface area contributed by atoms with E-state index >= 15 is 0 Å². The molecule has 5 nitrogen and oxygen atoms in total. The fourth-order valence-electron chi connectivity index (χ4n) is 1.76. The van der Waals surface area contributed by atoms with Crippen LogP contribution in [-0.4, -0.2) is 25.3 Å². The quantitative estimate of drug-likeness (QED) is 0.652. The fourth-order valence-corrected chi connectivity index (χ4v) is 1.96. The number of halogens is 1. The van der Waals surface area contributed by atoms with E-state index < -0.39 is 6.10 Å². The molecule has 0 aliphatic rings. The summed E-state index contributed by atoms with van der Waals surface area (Å²) in [4.78, 5) is 11.9. The Balaban J connectivity index is 1.86. The average Bonchev–Trinajstić information content (AvgIpc) is 2.55. The molecule has 0 bridgehead atoms. The largest absolute Gasteiger partial charge is 0.497 e. The van der Waals surface area contributed by atoms with E-state index in [0.29, 0.717) is 10.8 Å². The number of benzene rings is 2. The second-order valence-electron chi connectivity index (χ2n) is 4.72. The SMILES string of the molecule is COc1ccc(OC(C)C(=O)N/N=C/c2cccc(Cl)c2)cc1. The molecular formula is C17H17ClN2O3. The molecule has 0 aliphatic heterocycles. The van der Waals surface area contributed by atoms with Crippen LogP contribution in [0.25, 0.3) is 0 Å². The number of carbonyl (C=O) groups excluding carboxylic acids is 1. The summed E-state index contributed by atoms with van der Waals surface area (Å²) in [6, 6.07) is 14.1. The van der Waals surface area contributed by atoms with Crippen LogP contribution in [-0.2, 0) is 4.79 Å². The van der Waals surface area contributed by atoms with Gasteiger partial charge in [-0.1, -0.05) is 23.7 Å². The van der Waals surface area contributed by atoms with Crippen molar-refractivity contribution in [3.8, 4) is 11.5 Å². The molecule has 1 N–H and O–H groups in total. The van der Waals surface area contributed by atoms with Crippen molar-refractivity contribution >= 4 is 23.7 Å². The maximum Gasteiger partial charge on any atom is 0.280 e. The Morgan fingerprint density at radius 1 is 1.22 bits per heavy atom. The minimum absolute atomic E-state index is 0.348. The number of methoxy groups -OCH3 is 1. The third-order valence-electron chi connectivity index (χ3n) is 2.98. The van der Waals surface area contributed by atoms with Gasteiger partial charge in [-0.05, 0) is 48.9 Å². The highest BCUT2D eigenvalue weighted by molar-refractivity contribution is 6.30. The zero-order valence-corrected chi connectivity index (χ0v) is 13.6. The molecule has 0 aromatic heterocycles. The number of nitrogens with one attached hydrogen (secondary N) is 1. The van der Waals surface area contributed by atoms with Gasteiger partial charge in [0.25, 0.3) is 5.91 Å². The number of hydrogen-bond donors (Lipinski definition) is 1. The summed E-state index contributed by atoms with van der Waals surface area (Å²) in [5.74, 6) is 0.951. The Kier molecular flexibility index (Phi) is 6.00. The third kappa shape index (κ3) is 5.30. The first-order valence-electron chi connectivity index (χ1n) is 6.97. The van der Waals surface area contributed by atoms with Crippen molar-refractivity contribution in [3.05, 3.63) is 59.1 Å². The predicted molar refractivity (Wildman–Crippen MR) is 90.3 cm³/mol. The van der Waals surface area contributed by atoms with Crippen LogP contribution >= 0.6 is 11.6 Å². The van der Waals surface area contributed by atoms with E-state index in [1.165, 1.54) is 6.21 Å². The standard InChI is InChI=1S/C17H17ClN2O3/c1-12(23-16-8-6-15(22-2)7-9-16)17(21)20-19-11-13-4-3-5-14(18)10-13/h3-12H,1-2H3,(H,20,21)/b19-11+. The van der Waals surface area contributed by atoms with Crippen LogP contribution in [0.3, 0.4) is 0 Å². The first-order chi connectivity index (χ1) is 11.1. The van der Waals surface area contributed by atoms with Gasteiger partial charge in [-0.3, -0.25) is 4.79 Å². The molecule has 23 heavy (non-hydrogen) atoms. The topological polar surface area (TPSA) is 59.9 Å². The molecule has 0 aliphatic carbocycles. The predicted octanol–water partition coefficient (Wildman–Crippen LogP) is 3.27. The lowest BCUT2D eigenvalue weighted by Crippen LogP contribution is -2.33. The maximum absolute atomic E-state index is 11.9. The van der Waals surface area contributed by atoms with Gasteiger partial charge in [0.15, 0.2) is 6.10 Å². The normalized spacial score (nSPS) is 12.0. The van der Waals surface area contributed by atoms with E-state index in [9.17, 15) is 4.79 Å². The van der Waals surface area contributed by atoms with Crippen LogP contribution in [0.2, 0.25) is 5.02 Å². The van der Waals surface area contributed by atoms with Gasteiger partial charge in [0.2, 0.25) is 0 Å². The van der Waals surface area contributed by atoms with E-state index in [1.54, 1.807) is 56.5 Å². The molecule has 1 atom stereocenters. The molecule has 2 aromatic carbocycles. The molecule has 0 radical (unpaired) electrons. The van der Waals surface area contributed by atoms with Gasteiger partial charge < -0.3 is 9.47 Å². The summed E-state index contributed by atoms with van der Waals surface area (Å²) >= 11 is 5.87. The van der Waals surface area contributed by atoms with Crippen molar-refractivity contribution in [2.45, 2.75) is 13.0 Å².